The fourth-order valence-corrected chi connectivity index (χ4v) is 4.46. The van der Waals surface area contributed by atoms with Crippen molar-refractivity contribution >= 4 is 5.96 Å². The molecule has 2 aliphatic rings. The summed E-state index contributed by atoms with van der Waals surface area (Å²) in [6, 6.07) is 9.07. The number of hydrogen-bond acceptors (Lipinski definition) is 4. The van der Waals surface area contributed by atoms with Gasteiger partial charge in [0.15, 0.2) is 17.5 Å². The maximum Gasteiger partial charge on any atom is 0.191 e. The Bertz CT molecular complexity index is 638. The van der Waals surface area contributed by atoms with Crippen LogP contribution in [0.25, 0.3) is 0 Å². The summed E-state index contributed by atoms with van der Waals surface area (Å²) in [4.78, 5) is 7.12. The molecule has 0 spiro atoms. The predicted octanol–water partition coefficient (Wildman–Crippen LogP) is 3.42. The van der Waals surface area contributed by atoms with E-state index >= 15 is 0 Å². The molecule has 2 N–H and O–H groups in total. The molecule has 1 aliphatic carbocycles. The number of nitrogens with zero attached hydrogens (tertiary/aromatic N) is 2. The molecule has 1 aliphatic heterocycles. The van der Waals surface area contributed by atoms with Gasteiger partial charge in [-0.2, -0.15) is 0 Å². The highest BCUT2D eigenvalue weighted by molar-refractivity contribution is 5.80. The van der Waals surface area contributed by atoms with Crippen LogP contribution in [0.1, 0.15) is 51.9 Å². The van der Waals surface area contributed by atoms with Gasteiger partial charge < -0.3 is 25.0 Å². The molecule has 3 rings (SSSR count). The van der Waals surface area contributed by atoms with Crippen molar-refractivity contribution in [1.29, 1.82) is 0 Å². The molecule has 0 radical (unpaired) electrons. The van der Waals surface area contributed by atoms with E-state index in [1.165, 1.54) is 58.0 Å². The van der Waals surface area contributed by atoms with E-state index in [0.717, 1.165) is 23.5 Å². The number of piperidine rings is 1. The first-order chi connectivity index (χ1) is 14.2. The Hall–Kier alpha value is -1.95. The van der Waals surface area contributed by atoms with Gasteiger partial charge in [-0.15, -0.1) is 0 Å². The van der Waals surface area contributed by atoms with E-state index in [1.54, 1.807) is 7.11 Å². The highest BCUT2D eigenvalue weighted by Gasteiger charge is 2.26. The molecule has 0 aromatic heterocycles. The molecule has 162 valence electrons. The molecular weight excluding hydrogens is 364 g/mol. The second-order valence-corrected chi connectivity index (χ2v) is 8.28. The van der Waals surface area contributed by atoms with Gasteiger partial charge in [0.2, 0.25) is 0 Å². The highest BCUT2D eigenvalue weighted by atomic mass is 16.5. The molecular formula is C23H38N4O2. The molecule has 2 fully saturated rings. The third kappa shape index (κ3) is 6.53. The molecule has 1 heterocycles. The van der Waals surface area contributed by atoms with Gasteiger partial charge in [0, 0.05) is 32.2 Å². The quantitative estimate of drug-likeness (QED) is 0.541. The predicted molar refractivity (Wildman–Crippen MR) is 119 cm³/mol. The second-order valence-electron chi connectivity index (χ2n) is 8.28. The largest absolute Gasteiger partial charge is 0.493 e. The Morgan fingerprint density at radius 1 is 1.10 bits per heavy atom. The summed E-state index contributed by atoms with van der Waals surface area (Å²) in [5.74, 6) is 2.38. The topological polar surface area (TPSA) is 58.1 Å². The fourth-order valence-electron chi connectivity index (χ4n) is 4.46. The summed E-state index contributed by atoms with van der Waals surface area (Å²) in [6.07, 6.45) is 9.41. The summed E-state index contributed by atoms with van der Waals surface area (Å²) < 4.78 is 11.4. The third-order valence-corrected chi connectivity index (χ3v) is 6.14. The first kappa shape index (κ1) is 21.8. The van der Waals surface area contributed by atoms with E-state index in [2.05, 4.69) is 27.4 Å². The zero-order valence-corrected chi connectivity index (χ0v) is 18.3. The number of rotatable bonds is 7. The fraction of sp³-hybridized carbons (Fsp3) is 0.696. The van der Waals surface area contributed by atoms with Crippen molar-refractivity contribution < 1.29 is 9.47 Å². The highest BCUT2D eigenvalue weighted by Crippen LogP contribution is 2.27. The van der Waals surface area contributed by atoms with Crippen molar-refractivity contribution in [3.8, 4) is 11.5 Å². The van der Waals surface area contributed by atoms with Crippen molar-refractivity contribution in [3.63, 3.8) is 0 Å². The van der Waals surface area contributed by atoms with Crippen LogP contribution >= 0.6 is 0 Å². The SMILES string of the molecule is CN=C(NCC(C)Oc1ccccc1OC)NC1CCN(C2CCCCC2)CC1. The van der Waals surface area contributed by atoms with Gasteiger partial charge in [-0.25, -0.2) is 0 Å². The van der Waals surface area contributed by atoms with Crippen LogP contribution in [0.5, 0.6) is 11.5 Å². The van der Waals surface area contributed by atoms with Crippen LogP contribution in [-0.2, 0) is 0 Å². The standard InChI is InChI=1S/C23H38N4O2/c1-18(29-22-12-8-7-11-21(22)28-3)17-25-23(24-2)26-19-13-15-27(16-14-19)20-9-5-4-6-10-20/h7-8,11-12,18-20H,4-6,9-10,13-17H2,1-3H3,(H2,24,25,26). The van der Waals surface area contributed by atoms with Crippen LogP contribution in [0.15, 0.2) is 29.3 Å². The number of hydrogen-bond donors (Lipinski definition) is 2. The van der Waals surface area contributed by atoms with Gasteiger partial charge in [0.05, 0.1) is 13.7 Å². The summed E-state index contributed by atoms with van der Waals surface area (Å²) in [5.41, 5.74) is 0. The lowest BCUT2D eigenvalue weighted by Gasteiger charge is -2.39. The van der Waals surface area contributed by atoms with Crippen molar-refractivity contribution in [2.24, 2.45) is 4.99 Å². The van der Waals surface area contributed by atoms with Crippen LogP contribution in [0, 0.1) is 0 Å². The smallest absolute Gasteiger partial charge is 0.191 e. The van der Waals surface area contributed by atoms with E-state index in [9.17, 15) is 0 Å². The Morgan fingerprint density at radius 3 is 2.45 bits per heavy atom. The van der Waals surface area contributed by atoms with E-state index in [4.69, 9.17) is 9.47 Å². The maximum atomic E-state index is 6.03. The molecule has 1 unspecified atom stereocenters. The minimum absolute atomic E-state index is 0.00185. The number of methoxy groups -OCH3 is 1. The molecule has 1 aromatic carbocycles. The molecule has 29 heavy (non-hydrogen) atoms. The average molecular weight is 403 g/mol. The Morgan fingerprint density at radius 2 is 1.79 bits per heavy atom. The number of ether oxygens (including phenoxy) is 2. The number of para-hydroxylation sites is 2. The Kier molecular flexibility index (Phi) is 8.47. The zero-order chi connectivity index (χ0) is 20.5. The molecule has 6 heteroatoms. The van der Waals surface area contributed by atoms with E-state index < -0.39 is 0 Å². The number of benzene rings is 1. The van der Waals surface area contributed by atoms with Crippen molar-refractivity contribution in [1.82, 2.24) is 15.5 Å². The van der Waals surface area contributed by atoms with Crippen LogP contribution in [0.4, 0.5) is 0 Å². The van der Waals surface area contributed by atoms with Crippen molar-refractivity contribution in [2.75, 3.05) is 33.8 Å². The third-order valence-electron chi connectivity index (χ3n) is 6.14. The first-order valence-electron chi connectivity index (χ1n) is 11.2. The maximum absolute atomic E-state index is 6.03. The van der Waals surface area contributed by atoms with Gasteiger partial charge in [0.25, 0.3) is 0 Å². The zero-order valence-electron chi connectivity index (χ0n) is 18.3. The number of guanidine groups is 1. The van der Waals surface area contributed by atoms with Gasteiger partial charge >= 0.3 is 0 Å². The van der Waals surface area contributed by atoms with Crippen molar-refractivity contribution in [3.05, 3.63) is 24.3 Å². The van der Waals surface area contributed by atoms with Gasteiger partial charge in [-0.3, -0.25) is 4.99 Å². The minimum atomic E-state index is -0.00185. The van der Waals surface area contributed by atoms with Gasteiger partial charge in [-0.1, -0.05) is 31.4 Å². The molecule has 1 saturated carbocycles. The van der Waals surface area contributed by atoms with E-state index in [1.807, 2.05) is 31.3 Å². The molecule has 0 bridgehead atoms. The van der Waals surface area contributed by atoms with Gasteiger partial charge in [0.1, 0.15) is 6.10 Å². The monoisotopic (exact) mass is 402 g/mol. The minimum Gasteiger partial charge on any atom is -0.493 e. The first-order valence-corrected chi connectivity index (χ1v) is 11.2. The van der Waals surface area contributed by atoms with E-state index in [-0.39, 0.29) is 6.10 Å². The van der Waals surface area contributed by atoms with Gasteiger partial charge in [-0.05, 0) is 44.7 Å². The second kappa shape index (κ2) is 11.3. The average Bonchev–Trinajstić information content (AvgIpc) is 2.78. The van der Waals surface area contributed by atoms with Crippen LogP contribution in [0.2, 0.25) is 0 Å². The number of nitrogens with one attached hydrogen (secondary N) is 2. The van der Waals surface area contributed by atoms with E-state index in [0.29, 0.717) is 12.6 Å². The normalized spacial score (nSPS) is 20.9. The lowest BCUT2D eigenvalue weighted by atomic mass is 9.92. The Balaban J connectivity index is 1.39. The van der Waals surface area contributed by atoms with Crippen molar-refractivity contribution in [2.45, 2.75) is 70.1 Å². The van der Waals surface area contributed by atoms with Crippen LogP contribution < -0.4 is 20.1 Å². The molecule has 0 amide bonds. The van der Waals surface area contributed by atoms with Crippen LogP contribution in [-0.4, -0.2) is 62.8 Å². The summed E-state index contributed by atoms with van der Waals surface area (Å²) in [5, 5.41) is 7.01. The lowest BCUT2D eigenvalue weighted by Crippen LogP contribution is -2.51. The molecule has 1 atom stereocenters. The lowest BCUT2D eigenvalue weighted by molar-refractivity contribution is 0.119. The summed E-state index contributed by atoms with van der Waals surface area (Å²) in [7, 11) is 3.49. The molecule has 1 saturated heterocycles. The number of aliphatic imine (C=N–C) groups is 1. The summed E-state index contributed by atoms with van der Waals surface area (Å²) in [6.45, 7) is 5.13. The number of likely N-dealkylation sites (tertiary alicyclic amines) is 1. The molecule has 1 aromatic rings. The summed E-state index contributed by atoms with van der Waals surface area (Å²) >= 11 is 0. The molecule has 6 nitrogen and oxygen atoms in total. The Labute approximate surface area is 176 Å². The van der Waals surface area contributed by atoms with Crippen LogP contribution in [0.3, 0.4) is 0 Å².